The van der Waals surface area contributed by atoms with Gasteiger partial charge in [-0.2, -0.15) is 4.31 Å². The Morgan fingerprint density at radius 3 is 1.96 bits per heavy atom. The first-order valence-electron chi connectivity index (χ1n) is 14.5. The average molecular weight is 640 g/mol. The minimum Gasteiger partial charge on any atom is -0.453 e. The van der Waals surface area contributed by atoms with Gasteiger partial charge in [-0.1, -0.05) is 60.7 Å². The number of nitrogen functional groups attached to an aromatic ring is 1. The predicted octanol–water partition coefficient (Wildman–Crippen LogP) is 2.34. The largest absolute Gasteiger partial charge is 0.453 e. The molecule has 3 atom stereocenters. The number of benzene rings is 3. The lowest BCUT2D eigenvalue weighted by Crippen LogP contribution is -2.51. The van der Waals surface area contributed by atoms with E-state index in [9.17, 15) is 27.9 Å². The van der Waals surface area contributed by atoms with Gasteiger partial charge < -0.3 is 31.9 Å². The second-order valence-electron chi connectivity index (χ2n) is 10.6. The number of rotatable bonds is 16. The zero-order valence-corrected chi connectivity index (χ0v) is 26.2. The number of amides is 3. The van der Waals surface area contributed by atoms with E-state index in [4.69, 9.17) is 16.2 Å². The van der Waals surface area contributed by atoms with Crippen LogP contribution in [0.1, 0.15) is 43.2 Å². The van der Waals surface area contributed by atoms with E-state index >= 15 is 0 Å². The number of aliphatic hydroxyl groups excluding tert-OH is 1. The highest BCUT2D eigenvalue weighted by Crippen LogP contribution is 2.29. The Balaban J connectivity index is 1.73. The Hall–Kier alpha value is -4.46. The second-order valence-corrected chi connectivity index (χ2v) is 12.5. The fraction of sp³-hybridized carbons (Fsp3) is 0.344. The van der Waals surface area contributed by atoms with Gasteiger partial charge in [0.15, 0.2) is 0 Å². The molecule has 0 aliphatic heterocycles. The number of carbonyl (C=O) groups is 3. The quantitative estimate of drug-likeness (QED) is 0.116. The van der Waals surface area contributed by atoms with Crippen LogP contribution in [0.5, 0.6) is 0 Å². The number of unbranched alkanes of at least 4 members (excludes halogenated alkanes) is 1. The lowest BCUT2D eigenvalue weighted by atomic mass is 9.84. The average Bonchev–Trinajstić information content (AvgIpc) is 3.02. The zero-order chi connectivity index (χ0) is 33.0. The van der Waals surface area contributed by atoms with Gasteiger partial charge >= 0.3 is 6.09 Å². The summed E-state index contributed by atoms with van der Waals surface area (Å²) in [5.74, 6) is -1.85. The number of hydrogen-bond acceptors (Lipinski definition) is 8. The molecule has 0 aromatic heterocycles. The van der Waals surface area contributed by atoms with Crippen molar-refractivity contribution in [2.45, 2.75) is 55.2 Å². The van der Waals surface area contributed by atoms with Crippen molar-refractivity contribution in [1.29, 1.82) is 0 Å². The summed E-state index contributed by atoms with van der Waals surface area (Å²) in [5, 5.41) is 15.6. The van der Waals surface area contributed by atoms with Crippen molar-refractivity contribution in [3.63, 3.8) is 0 Å². The van der Waals surface area contributed by atoms with Crippen molar-refractivity contribution in [2.24, 2.45) is 5.73 Å². The summed E-state index contributed by atoms with van der Waals surface area (Å²) in [4.78, 5) is 38.3. The van der Waals surface area contributed by atoms with Gasteiger partial charge in [0, 0.05) is 24.7 Å². The van der Waals surface area contributed by atoms with Crippen molar-refractivity contribution in [2.75, 3.05) is 25.9 Å². The lowest BCUT2D eigenvalue weighted by Gasteiger charge is -2.30. The van der Waals surface area contributed by atoms with Gasteiger partial charge in [0.2, 0.25) is 21.8 Å². The molecule has 3 rings (SSSR count). The summed E-state index contributed by atoms with van der Waals surface area (Å²) in [5.41, 5.74) is 13.3. The van der Waals surface area contributed by atoms with Crippen LogP contribution >= 0.6 is 0 Å². The monoisotopic (exact) mass is 639 g/mol. The van der Waals surface area contributed by atoms with Crippen molar-refractivity contribution >= 4 is 33.6 Å². The molecule has 0 radical (unpaired) electrons. The summed E-state index contributed by atoms with van der Waals surface area (Å²) in [6.45, 7) is 1.23. The number of hydrogen-bond donors (Lipinski definition) is 5. The molecule has 2 unspecified atom stereocenters. The number of anilines is 1. The van der Waals surface area contributed by atoms with Crippen LogP contribution in [-0.4, -0.2) is 74.1 Å². The number of sulfonamides is 1. The molecule has 0 saturated carbocycles. The molecule has 3 aromatic carbocycles. The Kier molecular flexibility index (Phi) is 12.9. The van der Waals surface area contributed by atoms with Crippen LogP contribution in [0, 0.1) is 0 Å². The minimum atomic E-state index is -4.21. The van der Waals surface area contributed by atoms with Crippen molar-refractivity contribution < 1.29 is 32.6 Å². The molecule has 242 valence electrons. The van der Waals surface area contributed by atoms with Crippen LogP contribution in [-0.2, 0) is 24.3 Å². The van der Waals surface area contributed by atoms with Crippen LogP contribution in [0.3, 0.4) is 0 Å². The predicted molar refractivity (Wildman–Crippen MR) is 170 cm³/mol. The number of nitrogens with one attached hydrogen (secondary N) is 2. The first-order chi connectivity index (χ1) is 21.4. The fourth-order valence-electron chi connectivity index (χ4n) is 5.03. The molecule has 13 heteroatoms. The SMILES string of the molecule is COC(=O)NC(C(=O)NCCCC[C@@H](C(N)=O)N(CC(C)O)S(=O)(=O)c1ccc(N)cc1)C(c1ccccc1)c1ccccc1. The number of alkyl carbamates (subject to hydrolysis) is 1. The minimum absolute atomic E-state index is 0.0482. The Morgan fingerprint density at radius 1 is 0.911 bits per heavy atom. The third-order valence-electron chi connectivity index (χ3n) is 7.20. The van der Waals surface area contributed by atoms with E-state index in [1.54, 1.807) is 0 Å². The van der Waals surface area contributed by atoms with Gasteiger partial charge in [-0.05, 0) is 61.6 Å². The molecule has 3 amide bonds. The number of carbonyl (C=O) groups excluding carboxylic acids is 3. The van der Waals surface area contributed by atoms with Crippen LogP contribution in [0.25, 0.3) is 0 Å². The Morgan fingerprint density at radius 2 is 1.47 bits per heavy atom. The standard InChI is InChI=1S/C32H41N5O7S/c1-22(38)21-37(45(42,43)26-18-16-25(33)17-19-26)27(30(34)39)15-9-10-20-35-31(40)29(36-32(41)44-2)28(23-11-5-3-6-12-23)24-13-7-4-8-14-24/h3-8,11-14,16-19,22,27-29,38H,9-10,15,20-21,33H2,1-2H3,(H2,34,39)(H,35,40)(H,36,41)/t22?,27-,29?/m0/s1. The smallest absolute Gasteiger partial charge is 0.407 e. The van der Waals surface area contributed by atoms with E-state index in [2.05, 4.69) is 10.6 Å². The van der Waals surface area contributed by atoms with E-state index in [-0.39, 0.29) is 24.4 Å². The van der Waals surface area contributed by atoms with Crippen molar-refractivity contribution in [3.8, 4) is 0 Å². The highest BCUT2D eigenvalue weighted by molar-refractivity contribution is 7.89. The van der Waals surface area contributed by atoms with E-state index in [1.165, 1.54) is 38.3 Å². The molecule has 12 nitrogen and oxygen atoms in total. The molecule has 0 aliphatic carbocycles. The first-order valence-corrected chi connectivity index (χ1v) is 16.0. The third kappa shape index (κ3) is 9.76. The lowest BCUT2D eigenvalue weighted by molar-refractivity contribution is -0.124. The topological polar surface area (TPSA) is 194 Å². The second kappa shape index (κ2) is 16.6. The van der Waals surface area contributed by atoms with E-state index in [1.807, 2.05) is 60.7 Å². The molecular weight excluding hydrogens is 598 g/mol. The molecule has 7 N–H and O–H groups in total. The number of aliphatic hydroxyl groups is 1. The van der Waals surface area contributed by atoms with Gasteiger partial charge in [-0.25, -0.2) is 13.2 Å². The molecule has 3 aromatic rings. The van der Waals surface area contributed by atoms with E-state index in [0.717, 1.165) is 15.4 Å². The highest BCUT2D eigenvalue weighted by Gasteiger charge is 2.36. The third-order valence-corrected chi connectivity index (χ3v) is 9.09. The van der Waals surface area contributed by atoms with Crippen LogP contribution in [0.2, 0.25) is 0 Å². The number of ether oxygens (including phenoxy) is 1. The maximum absolute atomic E-state index is 13.6. The number of methoxy groups -OCH3 is 1. The number of primary amides is 1. The molecule has 0 heterocycles. The summed E-state index contributed by atoms with van der Waals surface area (Å²) in [6, 6.07) is 21.8. The Bertz CT molecular complexity index is 1460. The summed E-state index contributed by atoms with van der Waals surface area (Å²) in [7, 11) is -2.99. The molecular formula is C32H41N5O7S. The van der Waals surface area contributed by atoms with E-state index in [0.29, 0.717) is 18.5 Å². The highest BCUT2D eigenvalue weighted by atomic mass is 32.2. The van der Waals surface area contributed by atoms with Gasteiger partial charge in [0.25, 0.3) is 0 Å². The maximum atomic E-state index is 13.6. The van der Waals surface area contributed by atoms with Gasteiger partial charge in [0.05, 0.1) is 18.1 Å². The molecule has 45 heavy (non-hydrogen) atoms. The number of nitrogens with zero attached hydrogens (tertiary/aromatic N) is 1. The molecule has 0 fully saturated rings. The van der Waals surface area contributed by atoms with E-state index < -0.39 is 52.0 Å². The normalized spacial score (nSPS) is 13.5. The molecule has 0 aliphatic rings. The molecule has 0 bridgehead atoms. The molecule has 0 spiro atoms. The van der Waals surface area contributed by atoms with Crippen LogP contribution < -0.4 is 22.1 Å². The summed E-state index contributed by atoms with van der Waals surface area (Å²) in [6.07, 6.45) is -1.11. The maximum Gasteiger partial charge on any atom is 0.407 e. The zero-order valence-electron chi connectivity index (χ0n) is 25.3. The van der Waals surface area contributed by atoms with Crippen LogP contribution in [0.15, 0.2) is 89.8 Å². The van der Waals surface area contributed by atoms with Gasteiger partial charge in [0.1, 0.15) is 12.1 Å². The van der Waals surface area contributed by atoms with Gasteiger partial charge in [-0.3, -0.25) is 9.59 Å². The van der Waals surface area contributed by atoms with Crippen LogP contribution in [0.4, 0.5) is 10.5 Å². The van der Waals surface area contributed by atoms with Gasteiger partial charge in [-0.15, -0.1) is 0 Å². The summed E-state index contributed by atoms with van der Waals surface area (Å²) < 4.78 is 32.6. The Labute approximate surface area is 263 Å². The fourth-order valence-corrected chi connectivity index (χ4v) is 6.73. The molecule has 0 saturated heterocycles. The van der Waals surface area contributed by atoms with Crippen molar-refractivity contribution in [1.82, 2.24) is 14.9 Å². The summed E-state index contributed by atoms with van der Waals surface area (Å²) >= 11 is 0. The van der Waals surface area contributed by atoms with Crippen molar-refractivity contribution in [3.05, 3.63) is 96.1 Å². The first kappa shape index (κ1) is 35.0. The number of nitrogens with two attached hydrogens (primary N) is 2.